The van der Waals surface area contributed by atoms with E-state index in [-0.39, 0.29) is 20.0 Å². The summed E-state index contributed by atoms with van der Waals surface area (Å²) in [6, 6.07) is 0. The maximum atomic E-state index is 3.73. The first kappa shape index (κ1) is 13.4. The zero-order valence-electron chi connectivity index (χ0n) is 9.11. The zero-order chi connectivity index (χ0) is 11.2. The Labute approximate surface area is 88.7 Å². The van der Waals surface area contributed by atoms with Gasteiger partial charge < -0.3 is 0 Å². The molecule has 8 nitrogen and oxygen atoms in total. The van der Waals surface area contributed by atoms with Gasteiger partial charge in [-0.3, -0.25) is 0 Å². The molecule has 0 N–H and O–H groups in total. The van der Waals surface area contributed by atoms with E-state index in [1.165, 1.54) is 0 Å². The lowest BCUT2D eigenvalue weighted by molar-refractivity contribution is 0.766. The predicted molar refractivity (Wildman–Crippen MR) is 55.1 cm³/mol. The largest absolute Gasteiger partial charge is 0.193 e. The molecule has 0 aromatic heterocycles. The van der Waals surface area contributed by atoms with Crippen LogP contribution in [0.25, 0.3) is 0 Å². The lowest BCUT2D eigenvalue weighted by Crippen LogP contribution is -1.76. The van der Waals surface area contributed by atoms with Gasteiger partial charge in [-0.1, -0.05) is 0 Å². The maximum absolute atomic E-state index is 3.73. The molecule has 0 aliphatic carbocycles. The highest BCUT2D eigenvalue weighted by molar-refractivity contribution is 4.35. The number of nitrogens with zero attached hydrogens (tertiary/aromatic N) is 8. The Morgan fingerprint density at radius 2 is 0.733 bits per heavy atom. The summed E-state index contributed by atoms with van der Waals surface area (Å²) in [7, 11) is 0. The number of hydrogen-bond donors (Lipinski definition) is 0. The Hall–Kier alpha value is -1.60. The molecule has 0 amide bonds. The van der Waals surface area contributed by atoms with Crippen molar-refractivity contribution >= 4 is 0 Å². The number of rotatable bonds is 8. The maximum Gasteiger partial charge on any atom is 0.170 e. The smallest absolute Gasteiger partial charge is 0.170 e. The molecule has 0 bridgehead atoms. The molecule has 8 heteroatoms. The summed E-state index contributed by atoms with van der Waals surface area (Å²) in [4.78, 5) is 0. The predicted octanol–water partition coefficient (Wildman–Crippen LogP) is 2.71. The Kier molecular flexibility index (Phi) is 11.1. The van der Waals surface area contributed by atoms with Crippen molar-refractivity contribution in [2.45, 2.75) is 13.8 Å². The van der Waals surface area contributed by atoms with Crippen LogP contribution in [0.5, 0.6) is 0 Å². The van der Waals surface area contributed by atoms with Crippen LogP contribution in [0.1, 0.15) is 13.8 Å². The molecular formula is C7H16N8. The normalized spacial score (nSPS) is 12.9. The van der Waals surface area contributed by atoms with E-state index in [1.807, 2.05) is 13.8 Å². The van der Waals surface area contributed by atoms with E-state index in [0.29, 0.717) is 13.1 Å². The van der Waals surface area contributed by atoms with Crippen molar-refractivity contribution in [3.05, 3.63) is 0 Å². The van der Waals surface area contributed by atoms with E-state index in [9.17, 15) is 0 Å². The van der Waals surface area contributed by atoms with Crippen molar-refractivity contribution < 1.29 is 0 Å². The highest BCUT2D eigenvalue weighted by Crippen LogP contribution is 1.84. The van der Waals surface area contributed by atoms with Gasteiger partial charge in [0.15, 0.2) is 20.0 Å². The molecule has 0 aromatic carbocycles. The first-order valence-corrected chi connectivity index (χ1v) is 4.74. The van der Waals surface area contributed by atoms with Crippen LogP contribution in [0.2, 0.25) is 0 Å². The molecule has 0 aromatic rings. The van der Waals surface area contributed by atoms with Crippen molar-refractivity contribution in [2.24, 2.45) is 40.9 Å². The fraction of sp³-hybridized carbons (Fsp3) is 1.00. The highest BCUT2D eigenvalue weighted by Gasteiger charge is 1.76. The van der Waals surface area contributed by atoms with Crippen molar-refractivity contribution in [3.8, 4) is 0 Å². The molecule has 0 spiro atoms. The van der Waals surface area contributed by atoms with Crippen molar-refractivity contribution in [3.63, 3.8) is 0 Å². The third-order valence-electron chi connectivity index (χ3n) is 1.06. The standard InChI is InChI=1S/C7H16N8/c1-3-8-10-5-12-14-7-15-13-6-11-9-4-2/h3-7H2,1-2H3. The minimum Gasteiger partial charge on any atom is -0.193 e. The number of azo groups is 4. The van der Waals surface area contributed by atoms with Gasteiger partial charge in [0.25, 0.3) is 0 Å². The molecule has 0 atom stereocenters. The fourth-order valence-corrected chi connectivity index (χ4v) is 0.553. The molecule has 0 rings (SSSR count). The van der Waals surface area contributed by atoms with Crippen LogP contribution in [-0.2, 0) is 0 Å². The summed E-state index contributed by atoms with van der Waals surface area (Å²) in [6.07, 6.45) is 0. The number of hydrogen-bond acceptors (Lipinski definition) is 8. The quantitative estimate of drug-likeness (QED) is 0.552. The van der Waals surface area contributed by atoms with Gasteiger partial charge in [0, 0.05) is 0 Å². The summed E-state index contributed by atoms with van der Waals surface area (Å²) < 4.78 is 0. The van der Waals surface area contributed by atoms with Gasteiger partial charge >= 0.3 is 0 Å². The van der Waals surface area contributed by atoms with Gasteiger partial charge in [0.2, 0.25) is 0 Å². The fourth-order valence-electron chi connectivity index (χ4n) is 0.553. The van der Waals surface area contributed by atoms with E-state index in [2.05, 4.69) is 40.9 Å². The first-order chi connectivity index (χ1) is 7.41. The van der Waals surface area contributed by atoms with Crippen LogP contribution in [0.15, 0.2) is 40.9 Å². The lowest BCUT2D eigenvalue weighted by Gasteiger charge is -1.83. The topological polar surface area (TPSA) is 98.9 Å². The van der Waals surface area contributed by atoms with E-state index in [4.69, 9.17) is 0 Å². The molecule has 0 unspecified atom stereocenters. The monoisotopic (exact) mass is 212 g/mol. The molecule has 84 valence electrons. The Balaban J connectivity index is 3.36. The Morgan fingerprint density at radius 1 is 0.467 bits per heavy atom. The summed E-state index contributed by atoms with van der Waals surface area (Å²) >= 11 is 0. The van der Waals surface area contributed by atoms with Gasteiger partial charge in [-0.15, -0.1) is 0 Å². The Morgan fingerprint density at radius 3 is 1.00 bits per heavy atom. The second-order valence-electron chi connectivity index (χ2n) is 2.19. The van der Waals surface area contributed by atoms with Gasteiger partial charge in [0.05, 0.1) is 13.1 Å². The second-order valence-corrected chi connectivity index (χ2v) is 2.19. The van der Waals surface area contributed by atoms with E-state index in [0.717, 1.165) is 0 Å². The summed E-state index contributed by atoms with van der Waals surface area (Å²) in [5.74, 6) is 0. The van der Waals surface area contributed by atoms with Crippen LogP contribution in [-0.4, -0.2) is 33.1 Å². The van der Waals surface area contributed by atoms with E-state index in [1.54, 1.807) is 0 Å². The van der Waals surface area contributed by atoms with Crippen LogP contribution in [0.4, 0.5) is 0 Å². The van der Waals surface area contributed by atoms with Crippen molar-refractivity contribution in [1.29, 1.82) is 0 Å². The third-order valence-corrected chi connectivity index (χ3v) is 1.06. The second kappa shape index (κ2) is 12.4. The van der Waals surface area contributed by atoms with Crippen molar-refractivity contribution in [1.82, 2.24) is 0 Å². The van der Waals surface area contributed by atoms with Gasteiger partial charge in [-0.25, -0.2) is 0 Å². The molecule has 15 heavy (non-hydrogen) atoms. The molecule has 0 fully saturated rings. The third kappa shape index (κ3) is 12.4. The summed E-state index contributed by atoms with van der Waals surface area (Å²) in [5.41, 5.74) is 0. The minimum atomic E-state index is 0.198. The minimum absolute atomic E-state index is 0.198. The average molecular weight is 212 g/mol. The van der Waals surface area contributed by atoms with Gasteiger partial charge in [-0.05, 0) is 13.8 Å². The molecule has 0 aliphatic rings. The van der Waals surface area contributed by atoms with E-state index >= 15 is 0 Å². The Bertz CT molecular complexity index is 207. The summed E-state index contributed by atoms with van der Waals surface area (Å²) in [5, 5.41) is 29.7. The lowest BCUT2D eigenvalue weighted by atomic mass is 10.8. The van der Waals surface area contributed by atoms with Crippen molar-refractivity contribution in [2.75, 3.05) is 33.1 Å². The van der Waals surface area contributed by atoms with E-state index < -0.39 is 0 Å². The molecule has 0 saturated heterocycles. The van der Waals surface area contributed by atoms with Crippen LogP contribution in [0, 0.1) is 0 Å². The molecular weight excluding hydrogens is 196 g/mol. The SMILES string of the molecule is CCN=NCN=NCN=NCN=NCC. The van der Waals surface area contributed by atoms with Crippen LogP contribution in [0.3, 0.4) is 0 Å². The van der Waals surface area contributed by atoms with Crippen LogP contribution >= 0.6 is 0 Å². The average Bonchev–Trinajstić information content (AvgIpc) is 2.26. The highest BCUT2D eigenvalue weighted by atomic mass is 15.3. The molecule has 0 radical (unpaired) electrons. The van der Waals surface area contributed by atoms with Gasteiger partial charge in [-0.2, -0.15) is 40.9 Å². The first-order valence-electron chi connectivity index (χ1n) is 4.74. The van der Waals surface area contributed by atoms with Gasteiger partial charge in [0.1, 0.15) is 0 Å². The summed E-state index contributed by atoms with van der Waals surface area (Å²) in [6.45, 7) is 5.83. The molecule has 0 heterocycles. The zero-order valence-corrected chi connectivity index (χ0v) is 9.11. The molecule has 0 saturated carbocycles. The molecule has 0 aliphatic heterocycles. The van der Waals surface area contributed by atoms with Crippen LogP contribution < -0.4 is 0 Å².